The van der Waals surface area contributed by atoms with Crippen LogP contribution in [0.25, 0.3) is 0 Å². The average Bonchev–Trinajstić information content (AvgIpc) is 2.84. The van der Waals surface area contributed by atoms with Crippen LogP contribution in [0.3, 0.4) is 0 Å². The van der Waals surface area contributed by atoms with Crippen molar-refractivity contribution in [2.45, 2.75) is 31.8 Å². The number of benzene rings is 1. The summed E-state index contributed by atoms with van der Waals surface area (Å²) in [7, 11) is 0. The molecule has 0 aliphatic carbocycles. The second-order valence-corrected chi connectivity index (χ2v) is 5.60. The molecule has 1 heterocycles. The number of hydrogen-bond donors (Lipinski definition) is 0. The number of Topliss-reactive ketones (excluding diaryl/α,β-unsaturated/α-hetero) is 1. The van der Waals surface area contributed by atoms with Gasteiger partial charge in [0, 0.05) is 17.5 Å². The van der Waals surface area contributed by atoms with E-state index in [0.29, 0.717) is 22.3 Å². The molecule has 0 radical (unpaired) electrons. The van der Waals surface area contributed by atoms with Gasteiger partial charge in [0.15, 0.2) is 5.78 Å². The third-order valence-electron chi connectivity index (χ3n) is 3.03. The van der Waals surface area contributed by atoms with Gasteiger partial charge in [-0.05, 0) is 47.3 Å². The fraction of sp³-hybridized carbons (Fsp3) is 0.462. The number of ether oxygens (including phenoxy) is 1. The molecular weight excluding hydrogens is 322 g/mol. The SMILES string of the molecule is O=C(CCC1CCCO1)c1cc(Cl)c(Br)cc1F. The van der Waals surface area contributed by atoms with Gasteiger partial charge >= 0.3 is 0 Å². The molecule has 1 saturated heterocycles. The lowest BCUT2D eigenvalue weighted by atomic mass is 10.0. The van der Waals surface area contributed by atoms with E-state index in [0.717, 1.165) is 19.4 Å². The van der Waals surface area contributed by atoms with Crippen molar-refractivity contribution < 1.29 is 13.9 Å². The molecule has 0 spiro atoms. The zero-order valence-corrected chi connectivity index (χ0v) is 12.1. The molecule has 98 valence electrons. The molecular formula is C13H13BrClFO2. The number of carbonyl (C=O) groups is 1. The van der Waals surface area contributed by atoms with Crippen molar-refractivity contribution in [1.29, 1.82) is 0 Å². The van der Waals surface area contributed by atoms with E-state index in [2.05, 4.69) is 15.9 Å². The Bertz CT molecular complexity index is 459. The molecule has 0 saturated carbocycles. The van der Waals surface area contributed by atoms with Gasteiger partial charge in [0.25, 0.3) is 0 Å². The van der Waals surface area contributed by atoms with Crippen molar-refractivity contribution in [2.24, 2.45) is 0 Å². The minimum absolute atomic E-state index is 0.0567. The van der Waals surface area contributed by atoms with Gasteiger partial charge in [-0.2, -0.15) is 0 Å². The topological polar surface area (TPSA) is 26.3 Å². The maximum atomic E-state index is 13.6. The Morgan fingerprint density at radius 3 is 3.00 bits per heavy atom. The zero-order chi connectivity index (χ0) is 13.1. The van der Waals surface area contributed by atoms with Gasteiger partial charge in [0.05, 0.1) is 16.7 Å². The predicted molar refractivity (Wildman–Crippen MR) is 71.6 cm³/mol. The van der Waals surface area contributed by atoms with Crippen molar-refractivity contribution in [3.63, 3.8) is 0 Å². The van der Waals surface area contributed by atoms with Crippen molar-refractivity contribution in [3.8, 4) is 0 Å². The lowest BCUT2D eigenvalue weighted by Crippen LogP contribution is -2.10. The Morgan fingerprint density at radius 1 is 1.56 bits per heavy atom. The van der Waals surface area contributed by atoms with E-state index in [1.165, 1.54) is 12.1 Å². The summed E-state index contributed by atoms with van der Waals surface area (Å²) in [5, 5.41) is 0.344. The van der Waals surface area contributed by atoms with Gasteiger partial charge in [-0.15, -0.1) is 0 Å². The summed E-state index contributed by atoms with van der Waals surface area (Å²) in [6.45, 7) is 0.761. The van der Waals surface area contributed by atoms with Crippen molar-refractivity contribution in [1.82, 2.24) is 0 Å². The fourth-order valence-corrected chi connectivity index (χ4v) is 2.51. The van der Waals surface area contributed by atoms with Crippen LogP contribution in [0.15, 0.2) is 16.6 Å². The molecule has 1 aliphatic heterocycles. The maximum absolute atomic E-state index is 13.6. The van der Waals surface area contributed by atoms with E-state index >= 15 is 0 Å². The van der Waals surface area contributed by atoms with Crippen molar-refractivity contribution in [2.75, 3.05) is 6.61 Å². The van der Waals surface area contributed by atoms with Crippen LogP contribution in [0, 0.1) is 5.82 Å². The summed E-state index contributed by atoms with van der Waals surface area (Å²) in [6.07, 6.45) is 3.10. The van der Waals surface area contributed by atoms with Crippen molar-refractivity contribution in [3.05, 3.63) is 33.0 Å². The number of ketones is 1. The number of hydrogen-bond acceptors (Lipinski definition) is 2. The minimum atomic E-state index is -0.538. The average molecular weight is 336 g/mol. The molecule has 1 aliphatic rings. The van der Waals surface area contributed by atoms with Crippen LogP contribution in [-0.2, 0) is 4.74 Å². The van der Waals surface area contributed by atoms with E-state index in [1.54, 1.807) is 0 Å². The minimum Gasteiger partial charge on any atom is -0.378 e. The first-order valence-electron chi connectivity index (χ1n) is 5.87. The van der Waals surface area contributed by atoms with Crippen LogP contribution in [0.4, 0.5) is 4.39 Å². The summed E-state index contributed by atoms with van der Waals surface area (Å²) in [4.78, 5) is 11.9. The van der Waals surface area contributed by atoms with Crippen LogP contribution in [0.2, 0.25) is 5.02 Å². The van der Waals surface area contributed by atoms with E-state index in [9.17, 15) is 9.18 Å². The zero-order valence-electron chi connectivity index (χ0n) is 9.72. The molecule has 1 fully saturated rings. The van der Waals surface area contributed by atoms with Crippen LogP contribution >= 0.6 is 27.5 Å². The summed E-state index contributed by atoms with van der Waals surface area (Å²) >= 11 is 8.99. The lowest BCUT2D eigenvalue weighted by molar-refractivity contribution is 0.0856. The van der Waals surface area contributed by atoms with Crippen molar-refractivity contribution >= 4 is 33.3 Å². The van der Waals surface area contributed by atoms with Crippen LogP contribution in [0.5, 0.6) is 0 Å². The Kier molecular flexibility index (Phi) is 4.76. The summed E-state index contributed by atoms with van der Waals surface area (Å²) < 4.78 is 19.5. The Morgan fingerprint density at radius 2 is 2.33 bits per heavy atom. The molecule has 18 heavy (non-hydrogen) atoms. The maximum Gasteiger partial charge on any atom is 0.165 e. The Labute approximate surface area is 119 Å². The third kappa shape index (κ3) is 3.31. The molecule has 2 rings (SSSR count). The highest BCUT2D eigenvalue weighted by Crippen LogP contribution is 2.27. The van der Waals surface area contributed by atoms with Gasteiger partial charge in [-0.25, -0.2) is 4.39 Å². The molecule has 0 aromatic heterocycles. The Balaban J connectivity index is 2.01. The first kappa shape index (κ1) is 14.0. The highest BCUT2D eigenvalue weighted by atomic mass is 79.9. The molecule has 0 N–H and O–H groups in total. The molecule has 1 atom stereocenters. The number of rotatable bonds is 4. The quantitative estimate of drug-likeness (QED) is 0.603. The molecule has 0 bridgehead atoms. The smallest absolute Gasteiger partial charge is 0.165 e. The molecule has 5 heteroatoms. The van der Waals surface area contributed by atoms with Gasteiger partial charge in [0.1, 0.15) is 5.82 Å². The lowest BCUT2D eigenvalue weighted by Gasteiger charge is -2.09. The first-order chi connectivity index (χ1) is 8.58. The van der Waals surface area contributed by atoms with E-state index in [4.69, 9.17) is 16.3 Å². The number of halogens is 3. The van der Waals surface area contributed by atoms with E-state index in [-0.39, 0.29) is 17.5 Å². The second kappa shape index (κ2) is 6.13. The predicted octanol–water partition coefficient (Wildman–Crippen LogP) is 4.38. The van der Waals surface area contributed by atoms with Gasteiger partial charge in [-0.1, -0.05) is 11.6 Å². The molecule has 1 aromatic rings. The highest BCUT2D eigenvalue weighted by Gasteiger charge is 2.19. The van der Waals surface area contributed by atoms with E-state index < -0.39 is 5.82 Å². The summed E-state index contributed by atoms with van der Waals surface area (Å²) in [5.74, 6) is -0.763. The van der Waals surface area contributed by atoms with Crippen LogP contribution in [0.1, 0.15) is 36.0 Å². The largest absolute Gasteiger partial charge is 0.378 e. The first-order valence-corrected chi connectivity index (χ1v) is 7.04. The summed E-state index contributed by atoms with van der Waals surface area (Å²) in [6, 6.07) is 2.60. The van der Waals surface area contributed by atoms with Gasteiger partial charge < -0.3 is 4.74 Å². The highest BCUT2D eigenvalue weighted by molar-refractivity contribution is 9.10. The molecule has 1 unspecified atom stereocenters. The summed E-state index contributed by atoms with van der Waals surface area (Å²) in [5.41, 5.74) is 0.0567. The normalized spacial score (nSPS) is 19.2. The van der Waals surface area contributed by atoms with Gasteiger partial charge in [-0.3, -0.25) is 4.79 Å². The Hall–Kier alpha value is -0.450. The van der Waals surface area contributed by atoms with Crippen LogP contribution < -0.4 is 0 Å². The standard InChI is InChI=1S/C13H13BrClFO2/c14-10-7-12(16)9(6-11(10)15)13(17)4-3-8-2-1-5-18-8/h6-8H,1-5H2. The van der Waals surface area contributed by atoms with E-state index in [1.807, 2.05) is 0 Å². The van der Waals surface area contributed by atoms with Gasteiger partial charge in [0.2, 0.25) is 0 Å². The molecule has 1 aromatic carbocycles. The second-order valence-electron chi connectivity index (χ2n) is 4.34. The monoisotopic (exact) mass is 334 g/mol. The molecule has 2 nitrogen and oxygen atoms in total. The fourth-order valence-electron chi connectivity index (χ4n) is 2.04. The molecule has 0 amide bonds. The third-order valence-corrected chi connectivity index (χ3v) is 4.22. The van der Waals surface area contributed by atoms with Crippen LogP contribution in [-0.4, -0.2) is 18.5 Å². The number of carbonyl (C=O) groups excluding carboxylic acids is 1.